The fourth-order valence-electron chi connectivity index (χ4n) is 3.68. The Morgan fingerprint density at radius 1 is 1.32 bits per heavy atom. The summed E-state index contributed by atoms with van der Waals surface area (Å²) in [5.74, 6) is 1.02. The Balaban J connectivity index is 0.00000280. The van der Waals surface area contributed by atoms with E-state index in [1.165, 1.54) is 18.4 Å². The van der Waals surface area contributed by atoms with E-state index in [0.29, 0.717) is 12.2 Å². The van der Waals surface area contributed by atoms with Gasteiger partial charge in [-0.3, -0.25) is 9.98 Å². The van der Waals surface area contributed by atoms with Gasteiger partial charge in [0.2, 0.25) is 0 Å². The lowest BCUT2D eigenvalue weighted by atomic mass is 10.1. The molecule has 3 rings (SSSR count). The number of hydrogen-bond acceptors (Lipinski definition) is 4. The molecule has 2 aliphatic heterocycles. The highest BCUT2D eigenvalue weighted by Crippen LogP contribution is 2.18. The fraction of sp³-hybridized carbons (Fsp3) is 0.714. The van der Waals surface area contributed by atoms with Crippen molar-refractivity contribution in [3.05, 3.63) is 30.1 Å². The Morgan fingerprint density at radius 2 is 2.18 bits per heavy atom. The van der Waals surface area contributed by atoms with Crippen LogP contribution in [0.3, 0.4) is 0 Å². The second-order valence-electron chi connectivity index (χ2n) is 7.36. The third-order valence-electron chi connectivity index (χ3n) is 5.25. The topological polar surface area (TPSA) is 59.0 Å². The van der Waals surface area contributed by atoms with E-state index in [9.17, 15) is 0 Å². The first-order valence-corrected chi connectivity index (χ1v) is 10.5. The van der Waals surface area contributed by atoms with Crippen molar-refractivity contribution in [3.63, 3.8) is 0 Å². The number of nitrogens with zero attached hydrogens (tertiary/aromatic N) is 3. The molecule has 1 aromatic heterocycles. The third kappa shape index (κ3) is 7.83. The maximum absolute atomic E-state index is 6.13. The number of nitrogens with one attached hydrogen (secondary N) is 1. The molecule has 1 unspecified atom stereocenters. The SMILES string of the molecule is CCNC(=NCCc1cccnc1)N1CCC(OCC2CCCCO2)CC1.I. The monoisotopic (exact) mass is 502 g/mol. The highest BCUT2D eigenvalue weighted by atomic mass is 127. The van der Waals surface area contributed by atoms with Crippen molar-refractivity contribution in [3.8, 4) is 0 Å². The Morgan fingerprint density at radius 3 is 2.86 bits per heavy atom. The molecule has 7 heteroatoms. The van der Waals surface area contributed by atoms with E-state index in [2.05, 4.69) is 28.2 Å². The minimum absolute atomic E-state index is 0. The van der Waals surface area contributed by atoms with Gasteiger partial charge in [-0.25, -0.2) is 0 Å². The summed E-state index contributed by atoms with van der Waals surface area (Å²) in [6.45, 7) is 7.43. The number of guanidine groups is 1. The summed E-state index contributed by atoms with van der Waals surface area (Å²) in [7, 11) is 0. The molecule has 1 atom stereocenters. The summed E-state index contributed by atoms with van der Waals surface area (Å²) < 4.78 is 11.9. The molecule has 2 fully saturated rings. The normalized spacial score (nSPS) is 21.2. The molecule has 0 bridgehead atoms. The minimum atomic E-state index is 0. The lowest BCUT2D eigenvalue weighted by Gasteiger charge is -2.35. The summed E-state index contributed by atoms with van der Waals surface area (Å²) in [6.07, 6.45) is 11.0. The Kier molecular flexibility index (Phi) is 11.1. The number of aliphatic imine (C=N–C) groups is 1. The number of hydrogen-bond donors (Lipinski definition) is 1. The van der Waals surface area contributed by atoms with Gasteiger partial charge in [0, 0.05) is 45.2 Å². The maximum atomic E-state index is 6.13. The van der Waals surface area contributed by atoms with Gasteiger partial charge in [-0.1, -0.05) is 6.07 Å². The van der Waals surface area contributed by atoms with E-state index in [1.807, 2.05) is 18.5 Å². The maximum Gasteiger partial charge on any atom is 0.193 e. The van der Waals surface area contributed by atoms with Gasteiger partial charge in [0.1, 0.15) is 0 Å². The van der Waals surface area contributed by atoms with Crippen LogP contribution in [0.1, 0.15) is 44.6 Å². The molecule has 28 heavy (non-hydrogen) atoms. The van der Waals surface area contributed by atoms with Crippen molar-refractivity contribution < 1.29 is 9.47 Å². The van der Waals surface area contributed by atoms with E-state index in [-0.39, 0.29) is 24.0 Å². The van der Waals surface area contributed by atoms with Crippen molar-refractivity contribution in [2.45, 2.75) is 57.7 Å². The third-order valence-corrected chi connectivity index (χ3v) is 5.25. The molecule has 158 valence electrons. The van der Waals surface area contributed by atoms with Crippen LogP contribution in [0.2, 0.25) is 0 Å². The molecular weight excluding hydrogens is 467 g/mol. The van der Waals surface area contributed by atoms with Gasteiger partial charge in [-0.2, -0.15) is 0 Å². The van der Waals surface area contributed by atoms with Crippen LogP contribution in [0, 0.1) is 0 Å². The van der Waals surface area contributed by atoms with Gasteiger partial charge in [0.05, 0.1) is 18.8 Å². The predicted molar refractivity (Wildman–Crippen MR) is 123 cm³/mol. The second-order valence-corrected chi connectivity index (χ2v) is 7.36. The standard InChI is InChI=1S/C21H34N4O2.HI/c1-2-23-21(24-12-8-18-6-5-11-22-16-18)25-13-9-19(10-14-25)27-17-20-7-3-4-15-26-20;/h5-6,11,16,19-20H,2-4,7-10,12-15,17H2,1H3,(H,23,24);1H. The fourth-order valence-corrected chi connectivity index (χ4v) is 3.68. The molecule has 2 saturated heterocycles. The van der Waals surface area contributed by atoms with Crippen molar-refractivity contribution in [2.24, 2.45) is 4.99 Å². The van der Waals surface area contributed by atoms with Crippen LogP contribution in [-0.4, -0.2) is 67.4 Å². The number of piperidine rings is 1. The van der Waals surface area contributed by atoms with Crippen molar-refractivity contribution in [2.75, 3.05) is 39.4 Å². The zero-order valence-corrected chi connectivity index (χ0v) is 19.3. The van der Waals surface area contributed by atoms with E-state index in [1.54, 1.807) is 0 Å². The lowest BCUT2D eigenvalue weighted by Crippen LogP contribution is -2.47. The van der Waals surface area contributed by atoms with Crippen LogP contribution in [0.15, 0.2) is 29.5 Å². The van der Waals surface area contributed by atoms with Crippen LogP contribution in [0.5, 0.6) is 0 Å². The first-order chi connectivity index (χ1) is 13.3. The van der Waals surface area contributed by atoms with Crippen molar-refractivity contribution >= 4 is 29.9 Å². The zero-order valence-electron chi connectivity index (χ0n) is 17.0. The van der Waals surface area contributed by atoms with E-state index in [4.69, 9.17) is 14.5 Å². The number of aromatic nitrogens is 1. The van der Waals surface area contributed by atoms with Gasteiger partial charge >= 0.3 is 0 Å². The molecule has 3 heterocycles. The molecule has 0 aliphatic carbocycles. The van der Waals surface area contributed by atoms with Gasteiger partial charge in [0.25, 0.3) is 0 Å². The summed E-state index contributed by atoms with van der Waals surface area (Å²) in [6, 6.07) is 4.09. The molecule has 0 saturated carbocycles. The quantitative estimate of drug-likeness (QED) is 0.353. The Labute approximate surface area is 186 Å². The highest BCUT2D eigenvalue weighted by molar-refractivity contribution is 14.0. The average Bonchev–Trinajstić information content (AvgIpc) is 2.74. The van der Waals surface area contributed by atoms with Crippen molar-refractivity contribution in [1.82, 2.24) is 15.2 Å². The molecule has 6 nitrogen and oxygen atoms in total. The molecule has 0 aromatic carbocycles. The smallest absolute Gasteiger partial charge is 0.193 e. The molecular formula is C21H35IN4O2. The highest BCUT2D eigenvalue weighted by Gasteiger charge is 2.23. The molecule has 2 aliphatic rings. The van der Waals surface area contributed by atoms with Crippen LogP contribution < -0.4 is 5.32 Å². The van der Waals surface area contributed by atoms with E-state index < -0.39 is 0 Å². The first-order valence-electron chi connectivity index (χ1n) is 10.5. The minimum Gasteiger partial charge on any atom is -0.376 e. The van der Waals surface area contributed by atoms with Crippen LogP contribution in [0.4, 0.5) is 0 Å². The first kappa shape index (κ1) is 23.3. The van der Waals surface area contributed by atoms with Gasteiger partial charge in [0.15, 0.2) is 5.96 Å². The Bertz CT molecular complexity index is 559. The summed E-state index contributed by atoms with van der Waals surface area (Å²) in [5.41, 5.74) is 1.23. The van der Waals surface area contributed by atoms with Crippen LogP contribution in [0.25, 0.3) is 0 Å². The van der Waals surface area contributed by atoms with E-state index in [0.717, 1.165) is 71.0 Å². The number of likely N-dealkylation sites (tertiary alicyclic amines) is 1. The average molecular weight is 502 g/mol. The van der Waals surface area contributed by atoms with Crippen molar-refractivity contribution in [1.29, 1.82) is 0 Å². The van der Waals surface area contributed by atoms with Gasteiger partial charge < -0.3 is 19.7 Å². The number of ether oxygens (including phenoxy) is 2. The van der Waals surface area contributed by atoms with Gasteiger partial charge in [-0.15, -0.1) is 24.0 Å². The molecule has 1 N–H and O–H groups in total. The van der Waals surface area contributed by atoms with E-state index >= 15 is 0 Å². The van der Waals surface area contributed by atoms with Crippen LogP contribution in [-0.2, 0) is 15.9 Å². The predicted octanol–water partition coefficient (Wildman–Crippen LogP) is 3.26. The van der Waals surface area contributed by atoms with Gasteiger partial charge in [-0.05, 0) is 57.1 Å². The summed E-state index contributed by atoms with van der Waals surface area (Å²) >= 11 is 0. The summed E-state index contributed by atoms with van der Waals surface area (Å²) in [5, 5.41) is 3.44. The molecule has 0 radical (unpaired) electrons. The molecule has 0 spiro atoms. The Hall–Kier alpha value is -0.930. The largest absolute Gasteiger partial charge is 0.376 e. The lowest BCUT2D eigenvalue weighted by molar-refractivity contribution is -0.0721. The molecule has 0 amide bonds. The number of pyridine rings is 1. The zero-order chi connectivity index (χ0) is 18.7. The van der Waals surface area contributed by atoms with Crippen LogP contribution >= 0.6 is 24.0 Å². The second kappa shape index (κ2) is 13.3. The summed E-state index contributed by atoms with van der Waals surface area (Å²) in [4.78, 5) is 11.4. The number of halogens is 1. The number of rotatable bonds is 7. The molecule has 1 aromatic rings.